The Bertz CT molecular complexity index is 394. The molecule has 0 radical (unpaired) electrons. The van der Waals surface area contributed by atoms with Crippen LogP contribution in [0.1, 0.15) is 19.4 Å². The highest BCUT2D eigenvalue weighted by atomic mass is 16.3. The van der Waals surface area contributed by atoms with E-state index in [4.69, 9.17) is 0 Å². The number of aromatic hydroxyl groups is 1. The molecule has 0 aliphatic rings. The van der Waals surface area contributed by atoms with E-state index in [0.29, 0.717) is 18.5 Å². The quantitative estimate of drug-likeness (QED) is 0.733. The maximum absolute atomic E-state index is 11.7. The number of rotatable bonds is 3. The van der Waals surface area contributed by atoms with E-state index >= 15 is 0 Å². The zero-order valence-corrected chi connectivity index (χ0v) is 8.40. The van der Waals surface area contributed by atoms with Gasteiger partial charge in [-0.25, -0.2) is 4.98 Å². The standard InChI is InChI=1S/C10H14N2O2/c1-3-5-6-12-7-11-9(13)8(4-2)10(12)14/h3,5,7,13H,4,6H2,1-2H3. The van der Waals surface area contributed by atoms with Crippen LogP contribution in [-0.2, 0) is 13.0 Å². The molecular formula is C10H14N2O2. The van der Waals surface area contributed by atoms with Crippen LogP contribution < -0.4 is 5.56 Å². The van der Waals surface area contributed by atoms with Crippen LogP contribution >= 0.6 is 0 Å². The van der Waals surface area contributed by atoms with Crippen LogP contribution in [-0.4, -0.2) is 14.7 Å². The van der Waals surface area contributed by atoms with Crippen LogP contribution in [0, 0.1) is 0 Å². The van der Waals surface area contributed by atoms with Gasteiger partial charge in [0.2, 0.25) is 5.88 Å². The van der Waals surface area contributed by atoms with E-state index in [0.717, 1.165) is 0 Å². The maximum Gasteiger partial charge on any atom is 0.260 e. The first-order valence-electron chi connectivity index (χ1n) is 4.59. The van der Waals surface area contributed by atoms with Gasteiger partial charge in [-0.3, -0.25) is 9.36 Å². The van der Waals surface area contributed by atoms with E-state index in [2.05, 4.69) is 4.98 Å². The van der Waals surface area contributed by atoms with E-state index in [9.17, 15) is 9.90 Å². The van der Waals surface area contributed by atoms with Crippen molar-refractivity contribution in [1.82, 2.24) is 9.55 Å². The van der Waals surface area contributed by atoms with Crippen molar-refractivity contribution >= 4 is 0 Å². The Balaban J connectivity index is 3.15. The van der Waals surface area contributed by atoms with Crippen LogP contribution in [0.3, 0.4) is 0 Å². The fraction of sp³-hybridized carbons (Fsp3) is 0.400. The summed E-state index contributed by atoms with van der Waals surface area (Å²) < 4.78 is 1.47. The zero-order valence-electron chi connectivity index (χ0n) is 8.40. The molecule has 1 heterocycles. The molecule has 0 bridgehead atoms. The van der Waals surface area contributed by atoms with Crippen LogP contribution in [0.5, 0.6) is 5.88 Å². The minimum Gasteiger partial charge on any atom is -0.493 e. The normalized spacial score (nSPS) is 11.0. The summed E-state index contributed by atoms with van der Waals surface area (Å²) in [5.41, 5.74) is 0.204. The highest BCUT2D eigenvalue weighted by molar-refractivity contribution is 5.21. The first-order chi connectivity index (χ1) is 6.70. The van der Waals surface area contributed by atoms with Gasteiger partial charge in [-0.15, -0.1) is 0 Å². The van der Waals surface area contributed by atoms with E-state index in [-0.39, 0.29) is 11.4 Å². The molecule has 0 amide bonds. The third-order valence-corrected chi connectivity index (χ3v) is 2.00. The van der Waals surface area contributed by atoms with Gasteiger partial charge in [0.25, 0.3) is 5.56 Å². The average molecular weight is 194 g/mol. The second-order valence-electron chi connectivity index (χ2n) is 2.93. The first-order valence-corrected chi connectivity index (χ1v) is 4.59. The monoisotopic (exact) mass is 194 g/mol. The first kappa shape index (κ1) is 10.5. The van der Waals surface area contributed by atoms with Crippen molar-refractivity contribution in [2.24, 2.45) is 0 Å². The van der Waals surface area contributed by atoms with Crippen LogP contribution in [0.4, 0.5) is 0 Å². The Morgan fingerprint density at radius 2 is 2.36 bits per heavy atom. The number of aromatic nitrogens is 2. The highest BCUT2D eigenvalue weighted by Gasteiger charge is 2.07. The van der Waals surface area contributed by atoms with Crippen molar-refractivity contribution < 1.29 is 5.11 Å². The molecule has 1 aromatic heterocycles. The van der Waals surface area contributed by atoms with Crippen molar-refractivity contribution in [2.45, 2.75) is 26.8 Å². The number of hydrogen-bond donors (Lipinski definition) is 1. The maximum atomic E-state index is 11.7. The van der Waals surface area contributed by atoms with Gasteiger partial charge in [-0.2, -0.15) is 0 Å². The van der Waals surface area contributed by atoms with E-state index in [1.165, 1.54) is 10.9 Å². The summed E-state index contributed by atoms with van der Waals surface area (Å²) in [6.45, 7) is 4.20. The Morgan fingerprint density at radius 3 is 2.93 bits per heavy atom. The fourth-order valence-electron chi connectivity index (χ4n) is 1.18. The lowest BCUT2D eigenvalue weighted by atomic mass is 10.2. The van der Waals surface area contributed by atoms with E-state index in [1.807, 2.05) is 26.0 Å². The lowest BCUT2D eigenvalue weighted by Gasteiger charge is -2.04. The fourth-order valence-corrected chi connectivity index (χ4v) is 1.18. The number of hydrogen-bond acceptors (Lipinski definition) is 3. The number of nitrogens with zero attached hydrogens (tertiary/aromatic N) is 2. The Labute approximate surface area is 82.5 Å². The second-order valence-corrected chi connectivity index (χ2v) is 2.93. The summed E-state index contributed by atoms with van der Waals surface area (Å²) in [7, 11) is 0. The summed E-state index contributed by atoms with van der Waals surface area (Å²) in [5, 5.41) is 9.30. The summed E-state index contributed by atoms with van der Waals surface area (Å²) >= 11 is 0. The van der Waals surface area contributed by atoms with Gasteiger partial charge < -0.3 is 5.11 Å². The lowest BCUT2D eigenvalue weighted by Crippen LogP contribution is -2.23. The van der Waals surface area contributed by atoms with Crippen LogP contribution in [0.2, 0.25) is 0 Å². The second kappa shape index (κ2) is 4.60. The molecule has 1 aromatic rings. The van der Waals surface area contributed by atoms with Crippen molar-refractivity contribution in [3.63, 3.8) is 0 Å². The molecule has 4 nitrogen and oxygen atoms in total. The van der Waals surface area contributed by atoms with E-state index < -0.39 is 0 Å². The SMILES string of the molecule is CC=CCn1cnc(O)c(CC)c1=O. The lowest BCUT2D eigenvalue weighted by molar-refractivity contribution is 0.439. The average Bonchev–Trinajstić information content (AvgIpc) is 2.18. The molecule has 4 heteroatoms. The zero-order chi connectivity index (χ0) is 10.6. The van der Waals surface area contributed by atoms with Gasteiger partial charge in [0.1, 0.15) is 6.33 Å². The number of allylic oxidation sites excluding steroid dienone is 2. The van der Waals surface area contributed by atoms with Gasteiger partial charge in [0.05, 0.1) is 5.56 Å². The van der Waals surface area contributed by atoms with Crippen LogP contribution in [0.25, 0.3) is 0 Å². The Kier molecular flexibility index (Phi) is 3.45. The third-order valence-electron chi connectivity index (χ3n) is 2.00. The smallest absolute Gasteiger partial charge is 0.260 e. The molecule has 0 saturated heterocycles. The molecular weight excluding hydrogens is 180 g/mol. The molecule has 0 atom stereocenters. The molecule has 1 N–H and O–H groups in total. The topological polar surface area (TPSA) is 55.1 Å². The van der Waals surface area contributed by atoms with E-state index in [1.54, 1.807) is 0 Å². The van der Waals surface area contributed by atoms with Crippen molar-refractivity contribution in [3.05, 3.63) is 34.4 Å². The minimum atomic E-state index is -0.168. The Morgan fingerprint density at radius 1 is 1.64 bits per heavy atom. The van der Waals surface area contributed by atoms with Crippen molar-refractivity contribution in [3.8, 4) is 5.88 Å². The molecule has 0 fully saturated rings. The molecule has 0 unspecified atom stereocenters. The minimum absolute atomic E-state index is 0.158. The van der Waals surface area contributed by atoms with Gasteiger partial charge in [-0.1, -0.05) is 19.1 Å². The molecule has 1 rings (SSSR count). The van der Waals surface area contributed by atoms with Gasteiger partial charge in [-0.05, 0) is 13.3 Å². The highest BCUT2D eigenvalue weighted by Crippen LogP contribution is 2.07. The van der Waals surface area contributed by atoms with Gasteiger partial charge in [0, 0.05) is 6.54 Å². The summed E-state index contributed by atoms with van der Waals surface area (Å²) in [6.07, 6.45) is 5.58. The molecule has 0 aliphatic carbocycles. The van der Waals surface area contributed by atoms with Crippen LogP contribution in [0.15, 0.2) is 23.3 Å². The summed E-state index contributed by atoms with van der Waals surface area (Å²) in [4.78, 5) is 15.4. The summed E-state index contributed by atoms with van der Waals surface area (Å²) in [5.74, 6) is -0.158. The molecule has 0 aliphatic heterocycles. The van der Waals surface area contributed by atoms with Gasteiger partial charge >= 0.3 is 0 Å². The predicted octanol–water partition coefficient (Wildman–Crippen LogP) is 1.09. The molecule has 0 saturated carbocycles. The third kappa shape index (κ3) is 2.02. The molecule has 76 valence electrons. The summed E-state index contributed by atoms with van der Waals surface area (Å²) in [6, 6.07) is 0. The largest absolute Gasteiger partial charge is 0.493 e. The Hall–Kier alpha value is -1.58. The molecule has 0 spiro atoms. The van der Waals surface area contributed by atoms with Gasteiger partial charge in [0.15, 0.2) is 0 Å². The predicted molar refractivity (Wildman–Crippen MR) is 54.4 cm³/mol. The van der Waals surface area contributed by atoms with Crippen molar-refractivity contribution in [1.29, 1.82) is 0 Å². The van der Waals surface area contributed by atoms with Crippen molar-refractivity contribution in [2.75, 3.05) is 0 Å². The molecule has 14 heavy (non-hydrogen) atoms. The molecule has 0 aromatic carbocycles.